The highest BCUT2D eigenvalue weighted by atomic mass is 16.1. The van der Waals surface area contributed by atoms with Crippen molar-refractivity contribution < 1.29 is 9.59 Å². The maximum absolute atomic E-state index is 11.8. The Morgan fingerprint density at radius 2 is 1.47 bits per heavy atom. The van der Waals surface area contributed by atoms with E-state index in [-0.39, 0.29) is 23.4 Å². The van der Waals surface area contributed by atoms with Crippen molar-refractivity contribution in [2.45, 2.75) is 13.3 Å². The molecule has 0 spiro atoms. The molecule has 3 aliphatic carbocycles. The first-order valence-electron chi connectivity index (χ1n) is 5.68. The van der Waals surface area contributed by atoms with E-state index in [0.29, 0.717) is 17.8 Å². The molecule has 3 rings (SSSR count). The molecule has 2 nitrogen and oxygen atoms in total. The number of hydrogen-bond donors (Lipinski definition) is 0. The summed E-state index contributed by atoms with van der Waals surface area (Å²) in [5, 5.41) is 0. The first-order valence-corrected chi connectivity index (χ1v) is 5.68. The third-order valence-corrected chi connectivity index (χ3v) is 4.30. The Bertz CT molecular complexity index is 357. The second kappa shape index (κ2) is 2.91. The molecular formula is C13H14O2. The SMILES string of the molecule is CCC1C2C=CC1C1C(=O)C=CC(=O)C21. The second-order valence-electron chi connectivity index (χ2n) is 4.80. The van der Waals surface area contributed by atoms with Crippen LogP contribution >= 0.6 is 0 Å². The van der Waals surface area contributed by atoms with Gasteiger partial charge in [0.1, 0.15) is 0 Å². The highest BCUT2D eigenvalue weighted by Crippen LogP contribution is 2.55. The zero-order chi connectivity index (χ0) is 10.6. The lowest BCUT2D eigenvalue weighted by Crippen LogP contribution is -2.34. The predicted octanol–water partition coefficient (Wildman–Crippen LogP) is 1.77. The van der Waals surface area contributed by atoms with Crippen molar-refractivity contribution in [2.75, 3.05) is 0 Å². The van der Waals surface area contributed by atoms with Crippen LogP contribution in [-0.4, -0.2) is 11.6 Å². The first kappa shape index (κ1) is 9.08. The van der Waals surface area contributed by atoms with Gasteiger partial charge in [0.15, 0.2) is 11.6 Å². The van der Waals surface area contributed by atoms with Gasteiger partial charge >= 0.3 is 0 Å². The summed E-state index contributed by atoms with van der Waals surface area (Å²) in [6.45, 7) is 2.15. The molecule has 4 atom stereocenters. The number of carbonyl (C=O) groups is 2. The minimum Gasteiger partial charge on any atom is -0.294 e. The summed E-state index contributed by atoms with van der Waals surface area (Å²) in [6.07, 6.45) is 8.33. The largest absolute Gasteiger partial charge is 0.294 e. The van der Waals surface area contributed by atoms with E-state index in [0.717, 1.165) is 6.42 Å². The van der Waals surface area contributed by atoms with Crippen LogP contribution in [0.4, 0.5) is 0 Å². The molecular weight excluding hydrogens is 188 g/mol. The lowest BCUT2D eigenvalue weighted by atomic mass is 9.75. The van der Waals surface area contributed by atoms with Gasteiger partial charge in [-0.15, -0.1) is 0 Å². The third kappa shape index (κ3) is 0.996. The van der Waals surface area contributed by atoms with Crippen molar-refractivity contribution in [1.29, 1.82) is 0 Å². The van der Waals surface area contributed by atoms with E-state index < -0.39 is 0 Å². The lowest BCUT2D eigenvalue weighted by molar-refractivity contribution is -0.129. The van der Waals surface area contributed by atoms with Crippen LogP contribution in [0.3, 0.4) is 0 Å². The molecule has 0 aromatic rings. The van der Waals surface area contributed by atoms with Gasteiger partial charge in [-0.2, -0.15) is 0 Å². The number of hydrogen-bond acceptors (Lipinski definition) is 2. The predicted molar refractivity (Wildman–Crippen MR) is 56.0 cm³/mol. The Labute approximate surface area is 89.0 Å². The quantitative estimate of drug-likeness (QED) is 0.607. The number of carbonyl (C=O) groups excluding carboxylic acids is 2. The average Bonchev–Trinajstić information content (AvgIpc) is 2.78. The van der Waals surface area contributed by atoms with E-state index in [9.17, 15) is 9.59 Å². The standard InChI is InChI=1S/C13H14O2/c1-2-7-8-3-4-9(7)13-11(15)6-5-10(14)12(8)13/h3-9,12-13H,2H2,1H3. The number of allylic oxidation sites excluding steroid dienone is 4. The number of fused-ring (bicyclic) bond motifs is 5. The first-order chi connectivity index (χ1) is 7.24. The molecule has 15 heavy (non-hydrogen) atoms. The van der Waals surface area contributed by atoms with E-state index >= 15 is 0 Å². The van der Waals surface area contributed by atoms with E-state index in [1.54, 1.807) is 0 Å². The summed E-state index contributed by atoms with van der Waals surface area (Å²) in [5.41, 5.74) is 0. The second-order valence-corrected chi connectivity index (χ2v) is 4.80. The van der Waals surface area contributed by atoms with Crippen molar-refractivity contribution in [1.82, 2.24) is 0 Å². The summed E-state index contributed by atoms with van der Waals surface area (Å²) in [4.78, 5) is 23.6. The molecule has 0 aliphatic heterocycles. The van der Waals surface area contributed by atoms with E-state index in [1.165, 1.54) is 12.2 Å². The molecule has 0 radical (unpaired) electrons. The fourth-order valence-electron chi connectivity index (χ4n) is 3.71. The van der Waals surface area contributed by atoms with Crippen molar-refractivity contribution >= 4 is 11.6 Å². The normalized spacial score (nSPS) is 46.3. The van der Waals surface area contributed by atoms with Gasteiger partial charge in [-0.05, 0) is 29.9 Å². The minimum absolute atomic E-state index is 0.0394. The Balaban J connectivity index is 2.06. The summed E-state index contributed by atoms with van der Waals surface area (Å²) in [6, 6.07) is 0. The molecule has 0 N–H and O–H groups in total. The van der Waals surface area contributed by atoms with Gasteiger partial charge in [0.25, 0.3) is 0 Å². The molecule has 0 aromatic carbocycles. The van der Waals surface area contributed by atoms with Crippen LogP contribution in [0.15, 0.2) is 24.3 Å². The summed E-state index contributed by atoms with van der Waals surface area (Å²) < 4.78 is 0. The molecule has 3 aliphatic rings. The van der Waals surface area contributed by atoms with Crippen LogP contribution in [0.2, 0.25) is 0 Å². The fourth-order valence-corrected chi connectivity index (χ4v) is 3.71. The van der Waals surface area contributed by atoms with Crippen molar-refractivity contribution in [3.8, 4) is 0 Å². The van der Waals surface area contributed by atoms with Crippen LogP contribution in [0.5, 0.6) is 0 Å². The Morgan fingerprint density at radius 3 is 1.87 bits per heavy atom. The molecule has 4 unspecified atom stereocenters. The number of rotatable bonds is 1. The lowest BCUT2D eigenvalue weighted by Gasteiger charge is -2.26. The maximum atomic E-state index is 11.8. The van der Waals surface area contributed by atoms with Crippen molar-refractivity contribution in [2.24, 2.45) is 29.6 Å². The molecule has 1 fully saturated rings. The van der Waals surface area contributed by atoms with Gasteiger partial charge in [0.05, 0.1) is 0 Å². The molecule has 78 valence electrons. The highest BCUT2D eigenvalue weighted by Gasteiger charge is 2.56. The summed E-state index contributed by atoms with van der Waals surface area (Å²) >= 11 is 0. The average molecular weight is 202 g/mol. The van der Waals surface area contributed by atoms with Gasteiger partial charge in [0.2, 0.25) is 0 Å². The van der Waals surface area contributed by atoms with Crippen LogP contribution < -0.4 is 0 Å². The monoisotopic (exact) mass is 202 g/mol. The minimum atomic E-state index is -0.0394. The van der Waals surface area contributed by atoms with Crippen molar-refractivity contribution in [3.05, 3.63) is 24.3 Å². The van der Waals surface area contributed by atoms with Crippen molar-refractivity contribution in [3.63, 3.8) is 0 Å². The van der Waals surface area contributed by atoms with Crippen LogP contribution in [0.25, 0.3) is 0 Å². The van der Waals surface area contributed by atoms with E-state index in [2.05, 4.69) is 19.1 Å². The van der Waals surface area contributed by atoms with Crippen LogP contribution in [-0.2, 0) is 9.59 Å². The van der Waals surface area contributed by atoms with E-state index in [4.69, 9.17) is 0 Å². The van der Waals surface area contributed by atoms with Gasteiger partial charge in [-0.3, -0.25) is 9.59 Å². The molecule has 2 bridgehead atoms. The fraction of sp³-hybridized carbons (Fsp3) is 0.538. The van der Waals surface area contributed by atoms with Crippen LogP contribution in [0, 0.1) is 29.6 Å². The number of ketones is 2. The third-order valence-electron chi connectivity index (χ3n) is 4.30. The molecule has 2 heteroatoms. The topological polar surface area (TPSA) is 34.1 Å². The smallest absolute Gasteiger partial charge is 0.160 e. The van der Waals surface area contributed by atoms with E-state index in [1.807, 2.05) is 0 Å². The summed E-state index contributed by atoms with van der Waals surface area (Å²) in [5.74, 6) is 1.42. The Hall–Kier alpha value is -1.18. The van der Waals surface area contributed by atoms with Gasteiger partial charge in [-0.1, -0.05) is 25.5 Å². The molecule has 0 aromatic heterocycles. The molecule has 0 heterocycles. The highest BCUT2D eigenvalue weighted by molar-refractivity contribution is 6.08. The van der Waals surface area contributed by atoms with Crippen LogP contribution in [0.1, 0.15) is 13.3 Å². The van der Waals surface area contributed by atoms with Gasteiger partial charge in [0, 0.05) is 11.8 Å². The zero-order valence-corrected chi connectivity index (χ0v) is 8.72. The molecule has 1 saturated carbocycles. The van der Waals surface area contributed by atoms with Gasteiger partial charge < -0.3 is 0 Å². The summed E-state index contributed by atoms with van der Waals surface area (Å²) in [7, 11) is 0. The molecule has 0 amide bonds. The zero-order valence-electron chi connectivity index (χ0n) is 8.72. The maximum Gasteiger partial charge on any atom is 0.160 e. The Kier molecular flexibility index (Phi) is 1.76. The molecule has 0 saturated heterocycles. The Morgan fingerprint density at radius 1 is 1.00 bits per heavy atom. The van der Waals surface area contributed by atoms with Gasteiger partial charge in [-0.25, -0.2) is 0 Å².